The summed E-state index contributed by atoms with van der Waals surface area (Å²) in [4.78, 5) is 22.7. The number of rotatable bonds is 5. The quantitative estimate of drug-likeness (QED) is 0.560. The van der Waals surface area contributed by atoms with Gasteiger partial charge in [0, 0.05) is 5.56 Å². The third-order valence-electron chi connectivity index (χ3n) is 2.27. The number of anilines is 1. The van der Waals surface area contributed by atoms with Crippen LogP contribution in [-0.4, -0.2) is 23.0 Å². The van der Waals surface area contributed by atoms with E-state index < -0.39 is 17.9 Å². The zero-order chi connectivity index (χ0) is 13.7. The summed E-state index contributed by atoms with van der Waals surface area (Å²) in [5.41, 5.74) is 6.12. The van der Waals surface area contributed by atoms with Crippen LogP contribution in [0.15, 0.2) is 30.9 Å². The highest BCUT2D eigenvalue weighted by Gasteiger charge is 2.19. The summed E-state index contributed by atoms with van der Waals surface area (Å²) in [6.45, 7) is 3.44. The van der Waals surface area contributed by atoms with Crippen molar-refractivity contribution in [2.75, 3.05) is 5.73 Å². The maximum Gasteiger partial charge on any atom is 0.326 e. The molecule has 0 heterocycles. The van der Waals surface area contributed by atoms with E-state index in [1.165, 1.54) is 24.3 Å². The molecule has 0 radical (unpaired) electrons. The lowest BCUT2D eigenvalue weighted by molar-refractivity contribution is -0.139. The molecule has 1 amide bonds. The lowest BCUT2D eigenvalue weighted by Crippen LogP contribution is -2.40. The fourth-order valence-corrected chi connectivity index (χ4v) is 1.48. The molecule has 0 aliphatic carbocycles. The monoisotopic (exact) mass is 268 g/mol. The number of nitrogen functional groups attached to an aromatic ring is 1. The maximum atomic E-state index is 11.8. The normalized spacial score (nSPS) is 11.6. The van der Waals surface area contributed by atoms with Gasteiger partial charge in [-0.2, -0.15) is 0 Å². The molecular formula is C12H13ClN2O3. The highest BCUT2D eigenvalue weighted by Crippen LogP contribution is 2.19. The van der Waals surface area contributed by atoms with Crippen molar-refractivity contribution in [1.29, 1.82) is 0 Å². The summed E-state index contributed by atoms with van der Waals surface area (Å²) in [6, 6.07) is 3.34. The van der Waals surface area contributed by atoms with Crippen LogP contribution in [0.4, 0.5) is 5.69 Å². The zero-order valence-electron chi connectivity index (χ0n) is 9.52. The molecule has 0 fully saturated rings. The molecule has 18 heavy (non-hydrogen) atoms. The van der Waals surface area contributed by atoms with E-state index in [0.29, 0.717) is 5.69 Å². The lowest BCUT2D eigenvalue weighted by atomic mass is 10.1. The number of hydrogen-bond acceptors (Lipinski definition) is 3. The van der Waals surface area contributed by atoms with Crippen molar-refractivity contribution >= 4 is 29.2 Å². The Bertz CT molecular complexity index is 488. The Hall–Kier alpha value is -2.01. The Morgan fingerprint density at radius 1 is 1.56 bits per heavy atom. The van der Waals surface area contributed by atoms with Crippen molar-refractivity contribution in [2.24, 2.45) is 0 Å². The summed E-state index contributed by atoms with van der Waals surface area (Å²) < 4.78 is 0. The van der Waals surface area contributed by atoms with E-state index in [1.54, 1.807) is 0 Å². The number of amides is 1. The molecule has 0 saturated heterocycles. The smallest absolute Gasteiger partial charge is 0.326 e. The largest absolute Gasteiger partial charge is 0.480 e. The first-order chi connectivity index (χ1) is 8.45. The number of halogens is 1. The molecule has 1 atom stereocenters. The van der Waals surface area contributed by atoms with Gasteiger partial charge in [0.15, 0.2) is 0 Å². The molecule has 0 aliphatic heterocycles. The van der Waals surface area contributed by atoms with Crippen molar-refractivity contribution < 1.29 is 14.7 Å². The van der Waals surface area contributed by atoms with E-state index in [-0.39, 0.29) is 17.0 Å². The summed E-state index contributed by atoms with van der Waals surface area (Å²) >= 11 is 5.78. The van der Waals surface area contributed by atoms with Crippen LogP contribution in [0.25, 0.3) is 0 Å². The van der Waals surface area contributed by atoms with Crippen LogP contribution in [0.5, 0.6) is 0 Å². The van der Waals surface area contributed by atoms with Gasteiger partial charge < -0.3 is 16.2 Å². The van der Waals surface area contributed by atoms with Gasteiger partial charge in [-0.05, 0) is 24.6 Å². The van der Waals surface area contributed by atoms with Crippen LogP contribution in [-0.2, 0) is 4.79 Å². The molecule has 1 aromatic carbocycles. The fourth-order valence-electron chi connectivity index (χ4n) is 1.30. The molecule has 0 saturated carbocycles. The summed E-state index contributed by atoms with van der Waals surface area (Å²) in [5, 5.41) is 11.5. The molecule has 4 N–H and O–H groups in total. The molecule has 1 rings (SSSR count). The van der Waals surface area contributed by atoms with E-state index in [1.807, 2.05) is 0 Å². The van der Waals surface area contributed by atoms with Gasteiger partial charge in [-0.3, -0.25) is 4.79 Å². The molecule has 0 spiro atoms. The molecule has 1 aromatic rings. The number of nitrogens with two attached hydrogens (primary N) is 1. The van der Waals surface area contributed by atoms with E-state index in [2.05, 4.69) is 11.9 Å². The number of carboxylic acid groups (broad SMARTS) is 1. The molecule has 0 bridgehead atoms. The predicted molar refractivity (Wildman–Crippen MR) is 69.6 cm³/mol. The van der Waals surface area contributed by atoms with E-state index in [4.69, 9.17) is 22.4 Å². The Labute approximate surface area is 109 Å². The van der Waals surface area contributed by atoms with Crippen molar-refractivity contribution in [3.8, 4) is 0 Å². The number of nitrogens with one attached hydrogen (secondary N) is 1. The predicted octanol–water partition coefficient (Wildman–Crippen LogP) is 1.68. The second-order valence-corrected chi connectivity index (χ2v) is 4.03. The number of hydrogen-bond donors (Lipinski definition) is 3. The first-order valence-electron chi connectivity index (χ1n) is 5.15. The minimum absolute atomic E-state index is 0.143. The molecule has 96 valence electrons. The number of carbonyl (C=O) groups excluding carboxylic acids is 1. The van der Waals surface area contributed by atoms with Crippen LogP contribution in [0.2, 0.25) is 5.02 Å². The summed E-state index contributed by atoms with van der Waals surface area (Å²) in [6.07, 6.45) is 1.57. The first-order valence-corrected chi connectivity index (χ1v) is 5.53. The Balaban J connectivity index is 2.83. The molecule has 5 nitrogen and oxygen atoms in total. The van der Waals surface area contributed by atoms with Crippen LogP contribution in [0.1, 0.15) is 16.8 Å². The van der Waals surface area contributed by atoms with Gasteiger partial charge in [0.1, 0.15) is 6.04 Å². The van der Waals surface area contributed by atoms with Crippen molar-refractivity contribution in [3.63, 3.8) is 0 Å². The summed E-state index contributed by atoms with van der Waals surface area (Å²) in [5.74, 6) is -1.64. The van der Waals surface area contributed by atoms with Crippen LogP contribution < -0.4 is 11.1 Å². The van der Waals surface area contributed by atoms with Gasteiger partial charge in [0.25, 0.3) is 5.91 Å². The highest BCUT2D eigenvalue weighted by atomic mass is 35.5. The molecular weight excluding hydrogens is 256 g/mol. The molecule has 0 aromatic heterocycles. The number of aliphatic carboxylic acids is 1. The number of benzene rings is 1. The SMILES string of the molecule is C=CCC(NC(=O)c1ccc(N)c(Cl)c1)C(=O)O. The molecule has 1 unspecified atom stereocenters. The van der Waals surface area contributed by atoms with Crippen molar-refractivity contribution in [3.05, 3.63) is 41.4 Å². The number of carboxylic acids is 1. The van der Waals surface area contributed by atoms with E-state index in [0.717, 1.165) is 0 Å². The average Bonchev–Trinajstić information content (AvgIpc) is 2.31. The van der Waals surface area contributed by atoms with Crippen molar-refractivity contribution in [2.45, 2.75) is 12.5 Å². The minimum Gasteiger partial charge on any atom is -0.480 e. The van der Waals surface area contributed by atoms with Crippen LogP contribution >= 0.6 is 11.6 Å². The van der Waals surface area contributed by atoms with Crippen LogP contribution in [0, 0.1) is 0 Å². The highest BCUT2D eigenvalue weighted by molar-refractivity contribution is 6.33. The second-order valence-electron chi connectivity index (χ2n) is 3.62. The third-order valence-corrected chi connectivity index (χ3v) is 2.60. The van der Waals surface area contributed by atoms with Gasteiger partial charge >= 0.3 is 5.97 Å². The van der Waals surface area contributed by atoms with Gasteiger partial charge in [-0.1, -0.05) is 17.7 Å². The van der Waals surface area contributed by atoms with Gasteiger partial charge in [-0.15, -0.1) is 6.58 Å². The van der Waals surface area contributed by atoms with E-state index in [9.17, 15) is 9.59 Å². The average molecular weight is 269 g/mol. The van der Waals surface area contributed by atoms with Crippen LogP contribution in [0.3, 0.4) is 0 Å². The van der Waals surface area contributed by atoms with Gasteiger partial charge in [-0.25, -0.2) is 4.79 Å². The Kier molecular flexibility index (Phi) is 4.74. The van der Waals surface area contributed by atoms with Crippen molar-refractivity contribution in [1.82, 2.24) is 5.32 Å². The fraction of sp³-hybridized carbons (Fsp3) is 0.167. The topological polar surface area (TPSA) is 92.4 Å². The first kappa shape index (κ1) is 14.1. The minimum atomic E-state index is -1.12. The maximum absolute atomic E-state index is 11.8. The molecule has 6 heteroatoms. The summed E-state index contributed by atoms with van der Waals surface area (Å²) in [7, 11) is 0. The zero-order valence-corrected chi connectivity index (χ0v) is 10.3. The van der Waals surface area contributed by atoms with Gasteiger partial charge in [0.2, 0.25) is 0 Å². The second kappa shape index (κ2) is 6.07. The third kappa shape index (κ3) is 3.49. The molecule has 0 aliphatic rings. The number of carbonyl (C=O) groups is 2. The lowest BCUT2D eigenvalue weighted by Gasteiger charge is -2.12. The Morgan fingerprint density at radius 3 is 2.72 bits per heavy atom. The van der Waals surface area contributed by atoms with E-state index >= 15 is 0 Å². The van der Waals surface area contributed by atoms with Gasteiger partial charge in [0.05, 0.1) is 10.7 Å². The standard InChI is InChI=1S/C12H13ClN2O3/c1-2-3-10(12(17)18)15-11(16)7-4-5-9(14)8(13)6-7/h2,4-6,10H,1,3,14H2,(H,15,16)(H,17,18). The Morgan fingerprint density at radius 2 is 2.22 bits per heavy atom.